The molecule has 0 aliphatic carbocycles. The zero-order valence-electron chi connectivity index (χ0n) is 12.3. The molecule has 0 bridgehead atoms. The smallest absolute Gasteiger partial charge is 0.328 e. The molecule has 1 aliphatic heterocycles. The SMILES string of the molecule is C=Cc1ccsc1C(=O)NCC(=O)N1CCCC1C(=O)OC. The van der Waals surface area contributed by atoms with Crippen LogP contribution in [0.4, 0.5) is 0 Å². The average Bonchev–Trinajstić information content (AvgIpc) is 3.19. The molecule has 0 radical (unpaired) electrons. The molecular formula is C15H18N2O4S. The summed E-state index contributed by atoms with van der Waals surface area (Å²) < 4.78 is 4.70. The second-order valence-corrected chi connectivity index (χ2v) is 5.78. The number of hydrogen-bond acceptors (Lipinski definition) is 5. The van der Waals surface area contributed by atoms with E-state index in [1.165, 1.54) is 23.3 Å². The summed E-state index contributed by atoms with van der Waals surface area (Å²) in [7, 11) is 1.30. The Morgan fingerprint density at radius 3 is 3.00 bits per heavy atom. The number of nitrogens with zero attached hydrogens (tertiary/aromatic N) is 1. The highest BCUT2D eigenvalue weighted by Crippen LogP contribution is 2.19. The van der Waals surface area contributed by atoms with Crippen LogP contribution < -0.4 is 5.32 Å². The number of esters is 1. The van der Waals surface area contributed by atoms with Crippen LogP contribution in [-0.4, -0.2) is 48.9 Å². The van der Waals surface area contributed by atoms with Crippen molar-refractivity contribution >= 4 is 35.2 Å². The van der Waals surface area contributed by atoms with E-state index in [2.05, 4.69) is 11.9 Å². The fraction of sp³-hybridized carbons (Fsp3) is 0.400. The van der Waals surface area contributed by atoms with E-state index in [0.29, 0.717) is 17.8 Å². The standard InChI is InChI=1S/C15H18N2O4S/c1-3-10-6-8-22-13(10)14(19)16-9-12(18)17-7-4-5-11(17)15(20)21-2/h3,6,8,11H,1,4-5,7,9H2,2H3,(H,16,19). The van der Waals surface area contributed by atoms with Crippen LogP contribution >= 0.6 is 11.3 Å². The fourth-order valence-electron chi connectivity index (χ4n) is 2.45. The highest BCUT2D eigenvalue weighted by Gasteiger charge is 2.34. The normalized spacial score (nSPS) is 17.1. The lowest BCUT2D eigenvalue weighted by Crippen LogP contribution is -2.45. The molecule has 2 heterocycles. The number of carbonyl (C=O) groups is 3. The minimum Gasteiger partial charge on any atom is -0.467 e. The molecule has 118 valence electrons. The zero-order valence-corrected chi connectivity index (χ0v) is 13.1. The lowest BCUT2D eigenvalue weighted by molar-refractivity contribution is -0.150. The molecule has 2 rings (SSSR count). The van der Waals surface area contributed by atoms with Crippen molar-refractivity contribution in [2.45, 2.75) is 18.9 Å². The number of methoxy groups -OCH3 is 1. The number of carbonyl (C=O) groups excluding carboxylic acids is 3. The maximum absolute atomic E-state index is 12.2. The molecule has 7 heteroatoms. The quantitative estimate of drug-likeness (QED) is 0.829. The molecule has 1 fully saturated rings. The summed E-state index contributed by atoms with van der Waals surface area (Å²) in [5.74, 6) is -1.01. The number of hydrogen-bond donors (Lipinski definition) is 1. The minimum atomic E-state index is -0.542. The van der Waals surface area contributed by atoms with Gasteiger partial charge in [-0.1, -0.05) is 12.7 Å². The van der Waals surface area contributed by atoms with Gasteiger partial charge in [-0.3, -0.25) is 9.59 Å². The van der Waals surface area contributed by atoms with Gasteiger partial charge in [0.2, 0.25) is 5.91 Å². The Kier molecular flexibility index (Phi) is 5.32. The zero-order chi connectivity index (χ0) is 16.1. The van der Waals surface area contributed by atoms with Crippen molar-refractivity contribution in [3.8, 4) is 0 Å². The summed E-state index contributed by atoms with van der Waals surface area (Å²) in [5, 5.41) is 4.39. The Morgan fingerprint density at radius 2 is 2.32 bits per heavy atom. The van der Waals surface area contributed by atoms with Gasteiger partial charge >= 0.3 is 5.97 Å². The topological polar surface area (TPSA) is 75.7 Å². The third kappa shape index (κ3) is 3.36. The van der Waals surface area contributed by atoms with Crippen LogP contribution in [0, 0.1) is 0 Å². The van der Waals surface area contributed by atoms with Gasteiger partial charge in [-0.05, 0) is 29.9 Å². The fourth-order valence-corrected chi connectivity index (χ4v) is 3.27. The molecule has 1 aliphatic rings. The molecule has 6 nitrogen and oxygen atoms in total. The van der Waals surface area contributed by atoms with E-state index >= 15 is 0 Å². The van der Waals surface area contributed by atoms with Gasteiger partial charge in [-0.25, -0.2) is 4.79 Å². The third-order valence-electron chi connectivity index (χ3n) is 3.57. The predicted octanol–water partition coefficient (Wildman–Crippen LogP) is 1.28. The number of thiophene rings is 1. The molecule has 2 amide bonds. The second kappa shape index (κ2) is 7.22. The van der Waals surface area contributed by atoms with Crippen molar-refractivity contribution in [3.05, 3.63) is 28.5 Å². The first kappa shape index (κ1) is 16.2. The highest BCUT2D eigenvalue weighted by atomic mass is 32.1. The van der Waals surface area contributed by atoms with Gasteiger partial charge in [0.05, 0.1) is 18.5 Å². The first-order chi connectivity index (χ1) is 10.6. The van der Waals surface area contributed by atoms with Crippen molar-refractivity contribution in [2.75, 3.05) is 20.2 Å². The Balaban J connectivity index is 1.94. The van der Waals surface area contributed by atoms with E-state index in [1.807, 2.05) is 0 Å². The summed E-state index contributed by atoms with van der Waals surface area (Å²) >= 11 is 1.29. The molecule has 1 unspecified atom stereocenters. The second-order valence-electron chi connectivity index (χ2n) is 4.86. The largest absolute Gasteiger partial charge is 0.467 e. The molecule has 0 aromatic carbocycles. The molecule has 22 heavy (non-hydrogen) atoms. The maximum atomic E-state index is 12.2. The lowest BCUT2D eigenvalue weighted by atomic mass is 10.2. The number of likely N-dealkylation sites (tertiary alicyclic amines) is 1. The van der Waals surface area contributed by atoms with Crippen molar-refractivity contribution in [1.29, 1.82) is 0 Å². The van der Waals surface area contributed by atoms with E-state index < -0.39 is 12.0 Å². The molecule has 1 saturated heterocycles. The van der Waals surface area contributed by atoms with E-state index in [0.717, 1.165) is 12.0 Å². The first-order valence-electron chi connectivity index (χ1n) is 6.94. The van der Waals surface area contributed by atoms with E-state index in [9.17, 15) is 14.4 Å². The third-order valence-corrected chi connectivity index (χ3v) is 4.50. The van der Waals surface area contributed by atoms with Crippen molar-refractivity contribution < 1.29 is 19.1 Å². The van der Waals surface area contributed by atoms with Crippen LogP contribution in [0.3, 0.4) is 0 Å². The van der Waals surface area contributed by atoms with Crippen LogP contribution in [0.25, 0.3) is 6.08 Å². The van der Waals surface area contributed by atoms with Crippen molar-refractivity contribution in [1.82, 2.24) is 10.2 Å². The maximum Gasteiger partial charge on any atom is 0.328 e. The van der Waals surface area contributed by atoms with Crippen LogP contribution in [-0.2, 0) is 14.3 Å². The average molecular weight is 322 g/mol. The first-order valence-corrected chi connectivity index (χ1v) is 7.82. The molecule has 1 aromatic rings. The van der Waals surface area contributed by atoms with E-state index in [1.54, 1.807) is 17.5 Å². The molecule has 1 N–H and O–H groups in total. The monoisotopic (exact) mass is 322 g/mol. The Labute approximate surface area is 132 Å². The summed E-state index contributed by atoms with van der Waals surface area (Å²) in [5.41, 5.74) is 0.739. The number of amides is 2. The van der Waals surface area contributed by atoms with Gasteiger partial charge in [-0.15, -0.1) is 11.3 Å². The van der Waals surface area contributed by atoms with E-state index in [4.69, 9.17) is 4.74 Å². The number of ether oxygens (including phenoxy) is 1. The summed E-state index contributed by atoms with van der Waals surface area (Å²) in [6.07, 6.45) is 2.95. The molecule has 0 spiro atoms. The van der Waals surface area contributed by atoms with Gasteiger partial charge in [0.1, 0.15) is 6.04 Å². The number of rotatable bonds is 5. The number of nitrogens with one attached hydrogen (secondary N) is 1. The van der Waals surface area contributed by atoms with Crippen LogP contribution in [0.5, 0.6) is 0 Å². The highest BCUT2D eigenvalue weighted by molar-refractivity contribution is 7.12. The summed E-state index contributed by atoms with van der Waals surface area (Å²) in [6, 6.07) is 1.25. The molecule has 1 atom stereocenters. The van der Waals surface area contributed by atoms with Crippen molar-refractivity contribution in [3.63, 3.8) is 0 Å². The van der Waals surface area contributed by atoms with Gasteiger partial charge in [0.25, 0.3) is 5.91 Å². The minimum absolute atomic E-state index is 0.138. The summed E-state index contributed by atoms with van der Waals surface area (Å²) in [6.45, 7) is 4.01. The van der Waals surface area contributed by atoms with Gasteiger partial charge in [0.15, 0.2) is 0 Å². The van der Waals surface area contributed by atoms with Gasteiger partial charge in [-0.2, -0.15) is 0 Å². The van der Waals surface area contributed by atoms with Crippen LogP contribution in [0.2, 0.25) is 0 Å². The van der Waals surface area contributed by atoms with Crippen LogP contribution in [0.15, 0.2) is 18.0 Å². The summed E-state index contributed by atoms with van der Waals surface area (Å²) in [4.78, 5) is 37.9. The van der Waals surface area contributed by atoms with Crippen LogP contribution in [0.1, 0.15) is 28.1 Å². The van der Waals surface area contributed by atoms with Gasteiger partial charge in [0, 0.05) is 6.54 Å². The Hall–Kier alpha value is -2.15. The van der Waals surface area contributed by atoms with Crippen molar-refractivity contribution in [2.24, 2.45) is 0 Å². The Morgan fingerprint density at radius 1 is 1.55 bits per heavy atom. The molecule has 0 saturated carbocycles. The Bertz CT molecular complexity index is 596. The molecule has 1 aromatic heterocycles. The van der Waals surface area contributed by atoms with Gasteiger partial charge < -0.3 is 15.0 Å². The lowest BCUT2D eigenvalue weighted by Gasteiger charge is -2.22. The molecular weight excluding hydrogens is 304 g/mol. The van der Waals surface area contributed by atoms with E-state index in [-0.39, 0.29) is 18.4 Å². The predicted molar refractivity (Wildman–Crippen MR) is 83.5 cm³/mol.